The van der Waals surface area contributed by atoms with E-state index < -0.39 is 6.03 Å². The van der Waals surface area contributed by atoms with Crippen molar-refractivity contribution in [1.29, 1.82) is 0 Å². The van der Waals surface area contributed by atoms with Gasteiger partial charge >= 0.3 is 6.03 Å². The third-order valence-corrected chi connectivity index (χ3v) is 3.76. The van der Waals surface area contributed by atoms with Gasteiger partial charge in [0, 0.05) is 25.1 Å². The lowest BCUT2D eigenvalue weighted by Crippen LogP contribution is -2.37. The Balaban J connectivity index is 2.21. The van der Waals surface area contributed by atoms with Crippen LogP contribution in [0.1, 0.15) is 12.0 Å². The fraction of sp³-hybridized carbons (Fsp3) is 0.231. The summed E-state index contributed by atoms with van der Waals surface area (Å²) in [7, 11) is 1.35. The Morgan fingerprint density at radius 1 is 1.30 bits per heavy atom. The molecule has 5 nitrogen and oxygen atoms in total. The zero-order valence-corrected chi connectivity index (χ0v) is 12.3. The lowest BCUT2D eigenvalue weighted by molar-refractivity contribution is -0.127. The predicted molar refractivity (Wildman–Crippen MR) is 79.0 cm³/mol. The summed E-state index contributed by atoms with van der Waals surface area (Å²) in [6.45, 7) is 0. The number of carbonyl (C=O) groups is 2. The lowest BCUT2D eigenvalue weighted by atomic mass is 10.1. The normalized spacial score (nSPS) is 10.8. The van der Waals surface area contributed by atoms with Gasteiger partial charge < -0.3 is 10.7 Å². The number of fused-ring (bicyclic) bond motifs is 1. The van der Waals surface area contributed by atoms with Crippen molar-refractivity contribution < 1.29 is 9.59 Å². The second-order valence-electron chi connectivity index (χ2n) is 4.38. The van der Waals surface area contributed by atoms with Gasteiger partial charge in [-0.1, -0.05) is 23.2 Å². The number of nitrogens with two attached hydrogens (primary N) is 1. The van der Waals surface area contributed by atoms with Gasteiger partial charge in [-0.25, -0.2) is 4.79 Å². The number of H-pyrrole nitrogens is 1. The van der Waals surface area contributed by atoms with E-state index in [2.05, 4.69) is 4.98 Å². The van der Waals surface area contributed by atoms with E-state index in [4.69, 9.17) is 28.9 Å². The summed E-state index contributed by atoms with van der Waals surface area (Å²) in [4.78, 5) is 26.6. The van der Waals surface area contributed by atoms with Crippen molar-refractivity contribution in [2.75, 3.05) is 7.05 Å². The summed E-state index contributed by atoms with van der Waals surface area (Å²) in [6, 6.07) is 2.65. The Labute approximate surface area is 125 Å². The number of aromatic nitrogens is 1. The van der Waals surface area contributed by atoms with Gasteiger partial charge in [-0.2, -0.15) is 0 Å². The van der Waals surface area contributed by atoms with Gasteiger partial charge in [-0.3, -0.25) is 9.69 Å². The van der Waals surface area contributed by atoms with Crippen molar-refractivity contribution in [1.82, 2.24) is 9.88 Å². The predicted octanol–water partition coefficient (Wildman–Crippen LogP) is 2.94. The molecule has 0 bridgehead atoms. The SMILES string of the molecule is CN(C(N)=O)C(=O)CCc1c[nH]c2c(Cl)ccc(Cl)c12. The molecule has 0 saturated heterocycles. The van der Waals surface area contributed by atoms with Gasteiger partial charge in [-0.15, -0.1) is 0 Å². The number of nitrogens with one attached hydrogen (secondary N) is 1. The maximum atomic E-state index is 11.7. The Morgan fingerprint density at radius 3 is 2.60 bits per heavy atom. The van der Waals surface area contributed by atoms with Gasteiger partial charge in [0.25, 0.3) is 0 Å². The van der Waals surface area contributed by atoms with Crippen LogP contribution < -0.4 is 5.73 Å². The van der Waals surface area contributed by atoms with Gasteiger partial charge in [-0.05, 0) is 24.1 Å². The number of benzene rings is 1. The second kappa shape index (κ2) is 5.73. The number of hydrogen-bond acceptors (Lipinski definition) is 2. The van der Waals surface area contributed by atoms with Crippen LogP contribution in [0.25, 0.3) is 10.9 Å². The monoisotopic (exact) mass is 313 g/mol. The van der Waals surface area contributed by atoms with E-state index in [0.29, 0.717) is 16.5 Å². The molecule has 20 heavy (non-hydrogen) atoms. The van der Waals surface area contributed by atoms with Crippen LogP contribution in [0.15, 0.2) is 18.3 Å². The number of primary amides is 1. The first-order valence-electron chi connectivity index (χ1n) is 5.91. The molecular weight excluding hydrogens is 301 g/mol. The first-order chi connectivity index (χ1) is 9.41. The molecule has 106 valence electrons. The molecular formula is C13H13Cl2N3O2. The van der Waals surface area contributed by atoms with Gasteiger partial charge in [0.05, 0.1) is 15.6 Å². The lowest BCUT2D eigenvalue weighted by Gasteiger charge is -2.11. The summed E-state index contributed by atoms with van der Waals surface area (Å²) < 4.78 is 0. The van der Waals surface area contributed by atoms with Gasteiger partial charge in [0.1, 0.15) is 0 Å². The Morgan fingerprint density at radius 2 is 1.95 bits per heavy atom. The molecule has 2 aromatic rings. The zero-order valence-electron chi connectivity index (χ0n) is 10.7. The van der Waals surface area contributed by atoms with E-state index in [1.54, 1.807) is 18.3 Å². The topological polar surface area (TPSA) is 79.2 Å². The summed E-state index contributed by atoms with van der Waals surface area (Å²) in [6.07, 6.45) is 2.37. The van der Waals surface area contributed by atoms with Crippen molar-refractivity contribution >= 4 is 46.0 Å². The third kappa shape index (κ3) is 2.73. The van der Waals surface area contributed by atoms with Crippen LogP contribution in [-0.4, -0.2) is 28.9 Å². The summed E-state index contributed by atoms with van der Waals surface area (Å²) in [5, 5.41) is 1.93. The van der Waals surface area contributed by atoms with Crippen LogP contribution in [0.3, 0.4) is 0 Å². The van der Waals surface area contributed by atoms with Crippen LogP contribution in [-0.2, 0) is 11.2 Å². The highest BCUT2D eigenvalue weighted by Gasteiger charge is 2.16. The number of rotatable bonds is 3. The van der Waals surface area contributed by atoms with Crippen molar-refractivity contribution in [3.05, 3.63) is 33.9 Å². The van der Waals surface area contributed by atoms with E-state index in [9.17, 15) is 9.59 Å². The number of urea groups is 1. The van der Waals surface area contributed by atoms with E-state index in [1.165, 1.54) is 7.05 Å². The molecule has 1 heterocycles. The second-order valence-corrected chi connectivity index (χ2v) is 5.20. The molecule has 3 amide bonds. The average molecular weight is 314 g/mol. The number of carbonyl (C=O) groups excluding carboxylic acids is 2. The number of halogens is 2. The fourth-order valence-corrected chi connectivity index (χ4v) is 2.46. The molecule has 1 aromatic carbocycles. The van der Waals surface area contributed by atoms with E-state index >= 15 is 0 Å². The molecule has 0 radical (unpaired) electrons. The number of aryl methyl sites for hydroxylation is 1. The van der Waals surface area contributed by atoms with E-state index in [1.807, 2.05) is 0 Å². The van der Waals surface area contributed by atoms with Crippen molar-refractivity contribution in [2.24, 2.45) is 5.73 Å². The molecule has 2 rings (SSSR count). The number of imide groups is 1. The van der Waals surface area contributed by atoms with Crippen molar-refractivity contribution in [2.45, 2.75) is 12.8 Å². The summed E-state index contributed by atoms with van der Waals surface area (Å²) >= 11 is 12.2. The van der Waals surface area contributed by atoms with Crippen LogP contribution in [0, 0.1) is 0 Å². The molecule has 0 atom stereocenters. The molecule has 0 fully saturated rings. The van der Waals surface area contributed by atoms with E-state index in [-0.39, 0.29) is 12.3 Å². The Hall–Kier alpha value is -1.72. The first-order valence-corrected chi connectivity index (χ1v) is 6.67. The number of hydrogen-bond donors (Lipinski definition) is 2. The largest absolute Gasteiger partial charge is 0.360 e. The Bertz CT molecular complexity index is 682. The zero-order chi connectivity index (χ0) is 14.9. The van der Waals surface area contributed by atoms with Crippen LogP contribution >= 0.6 is 23.2 Å². The fourth-order valence-electron chi connectivity index (χ4n) is 1.97. The molecule has 0 aliphatic rings. The quantitative estimate of drug-likeness (QED) is 0.913. The number of amides is 3. The molecule has 0 unspecified atom stereocenters. The number of nitrogens with zero attached hydrogens (tertiary/aromatic N) is 1. The third-order valence-electron chi connectivity index (χ3n) is 3.13. The maximum absolute atomic E-state index is 11.7. The highest BCUT2D eigenvalue weighted by molar-refractivity contribution is 6.40. The minimum atomic E-state index is -0.769. The molecule has 3 N–H and O–H groups in total. The van der Waals surface area contributed by atoms with E-state index in [0.717, 1.165) is 21.4 Å². The minimum Gasteiger partial charge on any atom is -0.360 e. The van der Waals surface area contributed by atoms with Crippen LogP contribution in [0.4, 0.5) is 4.79 Å². The summed E-state index contributed by atoms with van der Waals surface area (Å²) in [5.41, 5.74) is 6.66. The molecule has 0 aliphatic heterocycles. The maximum Gasteiger partial charge on any atom is 0.321 e. The molecule has 1 aromatic heterocycles. The standard InChI is InChI=1S/C13H13Cl2N3O2/c1-18(13(16)20)10(19)5-2-7-6-17-12-9(15)4-3-8(14)11(7)12/h3-4,6,17H,2,5H2,1H3,(H2,16,20). The molecule has 0 saturated carbocycles. The summed E-state index contributed by atoms with van der Waals surface area (Å²) in [5.74, 6) is -0.343. The van der Waals surface area contributed by atoms with Gasteiger partial charge in [0.2, 0.25) is 5.91 Å². The van der Waals surface area contributed by atoms with Crippen LogP contribution in [0.2, 0.25) is 10.0 Å². The average Bonchev–Trinajstić information content (AvgIpc) is 2.84. The molecule has 0 spiro atoms. The number of aromatic amines is 1. The Kier molecular flexibility index (Phi) is 4.20. The highest BCUT2D eigenvalue weighted by atomic mass is 35.5. The molecule has 0 aliphatic carbocycles. The smallest absolute Gasteiger partial charge is 0.321 e. The minimum absolute atomic E-state index is 0.162. The first kappa shape index (κ1) is 14.7. The van der Waals surface area contributed by atoms with Gasteiger partial charge in [0.15, 0.2) is 0 Å². The highest BCUT2D eigenvalue weighted by Crippen LogP contribution is 2.32. The van der Waals surface area contributed by atoms with Crippen molar-refractivity contribution in [3.8, 4) is 0 Å². The van der Waals surface area contributed by atoms with Crippen LogP contribution in [0.5, 0.6) is 0 Å². The van der Waals surface area contributed by atoms with Crippen molar-refractivity contribution in [3.63, 3.8) is 0 Å². The molecule has 7 heteroatoms.